The quantitative estimate of drug-likeness (QED) is 0.336. The maximum absolute atomic E-state index is 11.8. The number of rotatable bonds is 7. The molecular formula is C34H57N3O2Si. The lowest BCUT2D eigenvalue weighted by molar-refractivity contribution is -0.127. The average Bonchev–Trinajstić information content (AvgIpc) is 3.46. The molecule has 5 rings (SSSR count). The van der Waals surface area contributed by atoms with Gasteiger partial charge in [0.15, 0.2) is 8.32 Å². The molecule has 0 aromatic carbocycles. The van der Waals surface area contributed by atoms with Gasteiger partial charge in [-0.2, -0.15) is 10.4 Å². The molecule has 0 saturated heterocycles. The molecule has 4 fully saturated rings. The summed E-state index contributed by atoms with van der Waals surface area (Å²) in [6.07, 6.45) is 17.4. The van der Waals surface area contributed by atoms with Crippen molar-refractivity contribution in [2.75, 3.05) is 0 Å². The summed E-state index contributed by atoms with van der Waals surface area (Å²) in [5, 5.41) is 25.7. The number of hydrogen-bond donors (Lipinski definition) is 1. The van der Waals surface area contributed by atoms with Crippen LogP contribution in [0.15, 0.2) is 12.4 Å². The van der Waals surface area contributed by atoms with Crippen molar-refractivity contribution in [1.29, 1.82) is 5.26 Å². The lowest BCUT2D eigenvalue weighted by Crippen LogP contribution is -2.56. The van der Waals surface area contributed by atoms with E-state index in [4.69, 9.17) is 4.43 Å². The molecule has 0 radical (unpaired) electrons. The summed E-state index contributed by atoms with van der Waals surface area (Å²) < 4.78 is 9.12. The molecular weight excluding hydrogens is 510 g/mol. The average molecular weight is 568 g/mol. The first-order valence-electron chi connectivity index (χ1n) is 16.5. The molecule has 5 nitrogen and oxygen atoms in total. The van der Waals surface area contributed by atoms with Gasteiger partial charge in [-0.05, 0) is 130 Å². The van der Waals surface area contributed by atoms with Gasteiger partial charge in [-0.3, -0.25) is 4.68 Å². The minimum atomic E-state index is -1.82. The molecule has 1 aromatic heterocycles. The summed E-state index contributed by atoms with van der Waals surface area (Å²) in [5.41, 5.74) is 0.0326. The third-order valence-electron chi connectivity index (χ3n) is 13.1. The van der Waals surface area contributed by atoms with E-state index in [1.807, 2.05) is 6.92 Å². The number of nitriles is 1. The molecule has 224 valence electrons. The second-order valence-corrected chi connectivity index (χ2v) is 21.3. The Kier molecular flexibility index (Phi) is 7.97. The van der Waals surface area contributed by atoms with Crippen LogP contribution in [-0.2, 0) is 11.0 Å². The van der Waals surface area contributed by atoms with E-state index in [1.54, 1.807) is 17.1 Å². The fourth-order valence-corrected chi connectivity index (χ4v) is 12.1. The summed E-state index contributed by atoms with van der Waals surface area (Å²) in [6, 6.07) is 2.17. The zero-order valence-corrected chi connectivity index (χ0v) is 27.8. The Morgan fingerprint density at radius 1 is 1.07 bits per heavy atom. The second-order valence-electron chi connectivity index (χ2n) is 16.5. The molecule has 1 N–H and O–H groups in total. The van der Waals surface area contributed by atoms with E-state index < -0.39 is 13.9 Å². The van der Waals surface area contributed by atoms with Gasteiger partial charge >= 0.3 is 0 Å². The normalized spacial score (nSPS) is 39.5. The summed E-state index contributed by atoms with van der Waals surface area (Å²) in [6.45, 7) is 19.4. The van der Waals surface area contributed by atoms with Crippen molar-refractivity contribution in [2.45, 2.75) is 148 Å². The van der Waals surface area contributed by atoms with E-state index in [0.29, 0.717) is 12.1 Å². The molecule has 4 aliphatic carbocycles. The van der Waals surface area contributed by atoms with Crippen molar-refractivity contribution in [2.24, 2.45) is 40.9 Å². The number of hydrogen-bond acceptors (Lipinski definition) is 4. The highest BCUT2D eigenvalue weighted by atomic mass is 28.4. The van der Waals surface area contributed by atoms with E-state index in [0.717, 1.165) is 36.0 Å². The third-order valence-corrected chi connectivity index (χ3v) is 17.6. The lowest BCUT2D eigenvalue weighted by atomic mass is 9.48. The van der Waals surface area contributed by atoms with Crippen LogP contribution in [0, 0.1) is 52.3 Å². The zero-order chi connectivity index (χ0) is 29.1. The zero-order valence-electron chi connectivity index (χ0n) is 26.8. The van der Waals surface area contributed by atoms with Gasteiger partial charge in [0.2, 0.25) is 0 Å². The van der Waals surface area contributed by atoms with E-state index in [-0.39, 0.29) is 22.0 Å². The number of aliphatic hydroxyl groups is 1. The van der Waals surface area contributed by atoms with Crippen molar-refractivity contribution in [3.63, 3.8) is 0 Å². The van der Waals surface area contributed by atoms with Gasteiger partial charge in [0, 0.05) is 6.20 Å². The van der Waals surface area contributed by atoms with Crippen LogP contribution in [0.25, 0.3) is 0 Å². The van der Waals surface area contributed by atoms with Gasteiger partial charge in [0.25, 0.3) is 0 Å². The van der Waals surface area contributed by atoms with Gasteiger partial charge in [0.1, 0.15) is 6.07 Å². The fourth-order valence-electron chi connectivity index (χ4n) is 10.4. The monoisotopic (exact) mass is 567 g/mol. The number of fused-ring (bicyclic) bond motifs is 5. The Bertz CT molecular complexity index is 1100. The minimum Gasteiger partial charge on any atom is -0.411 e. The summed E-state index contributed by atoms with van der Waals surface area (Å²) in [5.74, 6) is 4.36. The Morgan fingerprint density at radius 2 is 1.80 bits per heavy atom. The third kappa shape index (κ3) is 5.26. The lowest BCUT2D eigenvalue weighted by Gasteiger charge is -2.59. The van der Waals surface area contributed by atoms with Crippen molar-refractivity contribution >= 4 is 8.32 Å². The van der Waals surface area contributed by atoms with Crippen LogP contribution in [0.1, 0.15) is 118 Å². The molecule has 9 atom stereocenters. The standard InChI is InChI=1S/C34H57N3O2Si/c1-9-16-34(39-40(7,8)31(2,3)4)18-15-26-25(19-34)10-11-28-27(26)14-17-32(5)29(28)12-13-30(32)33(6,38)23-37-22-24(20-35)21-36-37/h21-22,25-30,38H,9-19,23H2,1-8H3/t25-,26+,27-,28-,29+,30+,32+,33+,34?/m1/s1. The maximum Gasteiger partial charge on any atom is 0.192 e. The summed E-state index contributed by atoms with van der Waals surface area (Å²) in [4.78, 5) is 0. The highest BCUT2D eigenvalue weighted by Crippen LogP contribution is 2.66. The highest BCUT2D eigenvalue weighted by Gasteiger charge is 2.61. The number of nitrogens with zero attached hydrogens (tertiary/aromatic N) is 3. The molecule has 0 spiro atoms. The smallest absolute Gasteiger partial charge is 0.192 e. The minimum absolute atomic E-state index is 0.101. The van der Waals surface area contributed by atoms with Gasteiger partial charge in [-0.15, -0.1) is 0 Å². The molecule has 0 amide bonds. The molecule has 4 aliphatic rings. The van der Waals surface area contributed by atoms with Gasteiger partial charge in [-0.1, -0.05) is 41.0 Å². The predicted molar refractivity (Wildman–Crippen MR) is 164 cm³/mol. The van der Waals surface area contributed by atoms with E-state index >= 15 is 0 Å². The largest absolute Gasteiger partial charge is 0.411 e. The van der Waals surface area contributed by atoms with Crippen LogP contribution in [0.3, 0.4) is 0 Å². The van der Waals surface area contributed by atoms with E-state index in [2.05, 4.69) is 58.9 Å². The summed E-state index contributed by atoms with van der Waals surface area (Å²) in [7, 11) is -1.82. The first kappa shape index (κ1) is 30.3. The molecule has 6 heteroatoms. The Morgan fingerprint density at radius 3 is 2.45 bits per heavy atom. The topological polar surface area (TPSA) is 71.1 Å². The van der Waals surface area contributed by atoms with Crippen molar-refractivity contribution in [3.8, 4) is 6.07 Å². The van der Waals surface area contributed by atoms with Crippen molar-refractivity contribution < 1.29 is 9.53 Å². The molecule has 40 heavy (non-hydrogen) atoms. The Labute approximate surface area is 245 Å². The molecule has 0 bridgehead atoms. The van der Waals surface area contributed by atoms with Crippen LogP contribution >= 0.6 is 0 Å². The van der Waals surface area contributed by atoms with Gasteiger partial charge < -0.3 is 9.53 Å². The maximum atomic E-state index is 11.8. The van der Waals surface area contributed by atoms with Crippen LogP contribution < -0.4 is 0 Å². The number of aromatic nitrogens is 2. The van der Waals surface area contributed by atoms with Crippen LogP contribution in [0.2, 0.25) is 18.1 Å². The van der Waals surface area contributed by atoms with Crippen molar-refractivity contribution in [3.05, 3.63) is 18.0 Å². The van der Waals surface area contributed by atoms with Crippen LogP contribution in [0.5, 0.6) is 0 Å². The van der Waals surface area contributed by atoms with E-state index in [1.165, 1.54) is 64.2 Å². The molecule has 0 aliphatic heterocycles. The Hall–Kier alpha value is -1.16. The first-order valence-corrected chi connectivity index (χ1v) is 19.4. The van der Waals surface area contributed by atoms with Crippen LogP contribution in [0.4, 0.5) is 0 Å². The first-order chi connectivity index (χ1) is 18.6. The molecule has 4 saturated carbocycles. The molecule has 1 heterocycles. The molecule has 1 aromatic rings. The fraction of sp³-hybridized carbons (Fsp3) is 0.882. The predicted octanol–water partition coefficient (Wildman–Crippen LogP) is 8.34. The summed E-state index contributed by atoms with van der Waals surface area (Å²) >= 11 is 0. The molecule has 1 unspecified atom stereocenters. The Balaban J connectivity index is 1.30. The van der Waals surface area contributed by atoms with Crippen molar-refractivity contribution in [1.82, 2.24) is 9.78 Å². The van der Waals surface area contributed by atoms with E-state index in [9.17, 15) is 10.4 Å². The van der Waals surface area contributed by atoms with Gasteiger partial charge in [0.05, 0.1) is 29.5 Å². The highest BCUT2D eigenvalue weighted by molar-refractivity contribution is 6.74. The van der Waals surface area contributed by atoms with Crippen LogP contribution in [-0.4, -0.2) is 34.4 Å². The SMILES string of the molecule is CCCC1(O[Si](C)(C)C(C)(C)C)CC[C@H]2[C@H](CC[C@@H]3[C@@H]2CC[C@@]2(C)[C@H]3CC[C@@H]2[C@@](C)(O)Cn2cc(C#N)cn2)C1. The van der Waals surface area contributed by atoms with Gasteiger partial charge in [-0.25, -0.2) is 0 Å². The second kappa shape index (κ2) is 10.5.